The van der Waals surface area contributed by atoms with Crippen molar-refractivity contribution in [3.8, 4) is 6.07 Å². The normalized spacial score (nSPS) is 10.2. The van der Waals surface area contributed by atoms with Crippen LogP contribution in [0.1, 0.15) is 12.6 Å². The molecular formula is C8H9N3. The second-order valence-electron chi connectivity index (χ2n) is 2.06. The van der Waals surface area contributed by atoms with Crippen LogP contribution in [0.4, 0.5) is 0 Å². The standard InChI is InChI=1S/C8H9N3/c1-2-11-7-5-8(10-11)4-3-6-9/h3-5,7H,2H2,1H3. The van der Waals surface area contributed by atoms with Crippen molar-refractivity contribution in [2.75, 3.05) is 0 Å². The van der Waals surface area contributed by atoms with Crippen molar-refractivity contribution in [3.05, 3.63) is 24.0 Å². The van der Waals surface area contributed by atoms with Crippen molar-refractivity contribution in [3.63, 3.8) is 0 Å². The van der Waals surface area contributed by atoms with E-state index in [1.54, 1.807) is 6.08 Å². The molecule has 0 aliphatic heterocycles. The van der Waals surface area contributed by atoms with E-state index in [2.05, 4.69) is 5.10 Å². The Morgan fingerprint density at radius 3 is 3.18 bits per heavy atom. The lowest BCUT2D eigenvalue weighted by Gasteiger charge is -1.89. The molecule has 1 rings (SSSR count). The summed E-state index contributed by atoms with van der Waals surface area (Å²) in [5.74, 6) is 0. The van der Waals surface area contributed by atoms with Crippen molar-refractivity contribution >= 4 is 6.08 Å². The third kappa shape index (κ3) is 1.94. The number of nitrogens with zero attached hydrogens (tertiary/aromatic N) is 3. The quantitative estimate of drug-likeness (QED) is 0.594. The second kappa shape index (κ2) is 3.57. The summed E-state index contributed by atoms with van der Waals surface area (Å²) in [6, 6.07) is 3.79. The summed E-state index contributed by atoms with van der Waals surface area (Å²) in [7, 11) is 0. The highest BCUT2D eigenvalue weighted by Gasteiger charge is 1.90. The van der Waals surface area contributed by atoms with Gasteiger partial charge in [-0.1, -0.05) is 0 Å². The molecule has 0 bridgehead atoms. The third-order valence-corrected chi connectivity index (χ3v) is 1.31. The zero-order valence-corrected chi connectivity index (χ0v) is 6.36. The Morgan fingerprint density at radius 2 is 2.64 bits per heavy atom. The van der Waals surface area contributed by atoms with Gasteiger partial charge >= 0.3 is 0 Å². The zero-order valence-electron chi connectivity index (χ0n) is 6.36. The van der Waals surface area contributed by atoms with E-state index in [1.165, 1.54) is 6.08 Å². The van der Waals surface area contributed by atoms with E-state index in [-0.39, 0.29) is 0 Å². The van der Waals surface area contributed by atoms with Crippen molar-refractivity contribution < 1.29 is 0 Å². The van der Waals surface area contributed by atoms with Crippen molar-refractivity contribution in [1.82, 2.24) is 9.78 Å². The number of rotatable bonds is 2. The lowest BCUT2D eigenvalue weighted by Crippen LogP contribution is -1.93. The van der Waals surface area contributed by atoms with Gasteiger partial charge in [-0.25, -0.2) is 0 Å². The van der Waals surface area contributed by atoms with Crippen molar-refractivity contribution in [1.29, 1.82) is 5.26 Å². The van der Waals surface area contributed by atoms with E-state index in [1.807, 2.05) is 29.9 Å². The maximum absolute atomic E-state index is 8.22. The molecule has 1 aromatic heterocycles. The van der Waals surface area contributed by atoms with E-state index in [0.717, 1.165) is 12.2 Å². The van der Waals surface area contributed by atoms with Gasteiger partial charge < -0.3 is 0 Å². The molecule has 1 aromatic rings. The molecule has 0 N–H and O–H groups in total. The largest absolute Gasteiger partial charge is 0.272 e. The van der Waals surface area contributed by atoms with E-state index in [0.29, 0.717) is 0 Å². The summed E-state index contributed by atoms with van der Waals surface area (Å²) >= 11 is 0. The molecule has 0 saturated carbocycles. The molecule has 56 valence electrons. The second-order valence-corrected chi connectivity index (χ2v) is 2.06. The predicted octanol–water partition coefficient (Wildman–Crippen LogP) is 1.44. The van der Waals surface area contributed by atoms with Crippen LogP contribution >= 0.6 is 0 Å². The monoisotopic (exact) mass is 147 g/mol. The van der Waals surface area contributed by atoms with Crippen LogP contribution in [0.15, 0.2) is 18.3 Å². The summed E-state index contributed by atoms with van der Waals surface area (Å²) < 4.78 is 1.82. The number of aryl methyl sites for hydroxylation is 1. The number of aromatic nitrogens is 2. The molecule has 0 atom stereocenters. The minimum atomic E-state index is 0.827. The van der Waals surface area contributed by atoms with Crippen LogP contribution in [0.25, 0.3) is 6.08 Å². The van der Waals surface area contributed by atoms with Gasteiger partial charge in [0.25, 0.3) is 0 Å². The zero-order chi connectivity index (χ0) is 8.10. The molecule has 0 amide bonds. The molecule has 0 radical (unpaired) electrons. The van der Waals surface area contributed by atoms with Gasteiger partial charge in [0.15, 0.2) is 0 Å². The maximum atomic E-state index is 8.22. The number of hydrogen-bond donors (Lipinski definition) is 0. The molecular weight excluding hydrogens is 138 g/mol. The molecule has 11 heavy (non-hydrogen) atoms. The first-order valence-corrected chi connectivity index (χ1v) is 3.46. The van der Waals surface area contributed by atoms with Gasteiger partial charge in [-0.3, -0.25) is 4.68 Å². The van der Waals surface area contributed by atoms with Gasteiger partial charge in [0.1, 0.15) is 0 Å². The van der Waals surface area contributed by atoms with Crippen LogP contribution in [0.2, 0.25) is 0 Å². The summed E-state index contributed by atoms with van der Waals surface area (Å²) in [5.41, 5.74) is 0.827. The number of nitriles is 1. The molecule has 0 saturated heterocycles. The first-order valence-electron chi connectivity index (χ1n) is 3.46. The minimum Gasteiger partial charge on any atom is -0.272 e. The highest BCUT2D eigenvalue weighted by Crippen LogP contribution is 1.97. The van der Waals surface area contributed by atoms with Crippen molar-refractivity contribution in [2.45, 2.75) is 13.5 Å². The molecule has 3 nitrogen and oxygen atoms in total. The summed E-state index contributed by atoms with van der Waals surface area (Å²) in [4.78, 5) is 0. The maximum Gasteiger partial charge on any atom is 0.0912 e. The molecule has 0 aliphatic rings. The predicted molar refractivity (Wildman–Crippen MR) is 42.5 cm³/mol. The molecule has 0 fully saturated rings. The van der Waals surface area contributed by atoms with Gasteiger partial charge in [0, 0.05) is 18.8 Å². The van der Waals surface area contributed by atoms with Gasteiger partial charge in [0.05, 0.1) is 11.8 Å². The van der Waals surface area contributed by atoms with Crippen LogP contribution in [0.3, 0.4) is 0 Å². The topological polar surface area (TPSA) is 41.6 Å². The van der Waals surface area contributed by atoms with Crippen LogP contribution in [0, 0.1) is 11.3 Å². The summed E-state index contributed by atoms with van der Waals surface area (Å²) in [6.45, 7) is 2.88. The van der Waals surface area contributed by atoms with E-state index < -0.39 is 0 Å². The molecule has 0 spiro atoms. The SMILES string of the molecule is CCn1ccc(C=CC#N)n1. The Kier molecular flexibility index (Phi) is 2.45. The lowest BCUT2D eigenvalue weighted by atomic mass is 10.4. The molecule has 0 unspecified atom stereocenters. The molecule has 3 heteroatoms. The highest BCUT2D eigenvalue weighted by atomic mass is 15.3. The van der Waals surface area contributed by atoms with Gasteiger partial charge in [-0.15, -0.1) is 0 Å². The van der Waals surface area contributed by atoms with Gasteiger partial charge in [-0.2, -0.15) is 10.4 Å². The van der Waals surface area contributed by atoms with Crippen LogP contribution < -0.4 is 0 Å². The summed E-state index contributed by atoms with van der Waals surface area (Å²) in [5, 5.41) is 12.4. The number of allylic oxidation sites excluding steroid dienone is 1. The highest BCUT2D eigenvalue weighted by molar-refractivity contribution is 5.46. The van der Waals surface area contributed by atoms with E-state index in [4.69, 9.17) is 5.26 Å². The first-order chi connectivity index (χ1) is 5.36. The smallest absolute Gasteiger partial charge is 0.0912 e. The first kappa shape index (κ1) is 7.55. The van der Waals surface area contributed by atoms with Crippen molar-refractivity contribution in [2.24, 2.45) is 0 Å². The average molecular weight is 147 g/mol. The molecule has 1 heterocycles. The Balaban J connectivity index is 2.74. The fourth-order valence-electron chi connectivity index (χ4n) is 0.765. The van der Waals surface area contributed by atoms with Gasteiger partial charge in [-0.05, 0) is 19.1 Å². The molecule has 0 aromatic carbocycles. The lowest BCUT2D eigenvalue weighted by molar-refractivity contribution is 0.658. The fourth-order valence-corrected chi connectivity index (χ4v) is 0.765. The van der Waals surface area contributed by atoms with Crippen LogP contribution in [-0.2, 0) is 6.54 Å². The third-order valence-electron chi connectivity index (χ3n) is 1.31. The summed E-state index contributed by atoms with van der Waals surface area (Å²) in [6.07, 6.45) is 4.99. The number of hydrogen-bond acceptors (Lipinski definition) is 2. The van der Waals surface area contributed by atoms with Crippen LogP contribution in [-0.4, -0.2) is 9.78 Å². The fraction of sp³-hybridized carbons (Fsp3) is 0.250. The Bertz CT molecular complexity index is 291. The van der Waals surface area contributed by atoms with Gasteiger partial charge in [0.2, 0.25) is 0 Å². The van der Waals surface area contributed by atoms with E-state index >= 15 is 0 Å². The Labute approximate surface area is 65.6 Å². The minimum absolute atomic E-state index is 0.827. The van der Waals surface area contributed by atoms with E-state index in [9.17, 15) is 0 Å². The Hall–Kier alpha value is -1.56. The van der Waals surface area contributed by atoms with Crippen LogP contribution in [0.5, 0.6) is 0 Å². The average Bonchev–Trinajstić information content (AvgIpc) is 2.48. The molecule has 0 aliphatic carbocycles. The Morgan fingerprint density at radius 1 is 1.82 bits per heavy atom.